The average Bonchev–Trinajstić information content (AvgIpc) is 2.74. The number of nitrogens with one attached hydrogen (secondary N) is 1. The Kier molecular flexibility index (Phi) is 4.42. The largest absolute Gasteiger partial charge is 0.444 e. The van der Waals surface area contributed by atoms with E-state index >= 15 is 0 Å². The Labute approximate surface area is 118 Å². The molecule has 0 unspecified atom stereocenters. The van der Waals surface area contributed by atoms with Gasteiger partial charge < -0.3 is 14.6 Å². The van der Waals surface area contributed by atoms with Gasteiger partial charge in [-0.3, -0.25) is 9.59 Å². The summed E-state index contributed by atoms with van der Waals surface area (Å²) >= 11 is 0. The maximum Gasteiger partial charge on any atom is 0.223 e. The van der Waals surface area contributed by atoms with E-state index in [9.17, 15) is 9.59 Å². The van der Waals surface area contributed by atoms with Crippen LogP contribution in [0.1, 0.15) is 37.1 Å². The minimum Gasteiger partial charge on any atom is -0.444 e. The molecule has 1 aliphatic heterocycles. The highest BCUT2D eigenvalue weighted by molar-refractivity contribution is 5.79. The maximum atomic E-state index is 12.1. The van der Waals surface area contributed by atoms with Crippen LogP contribution in [0.15, 0.2) is 4.42 Å². The molecule has 1 saturated heterocycles. The van der Waals surface area contributed by atoms with Gasteiger partial charge in [-0.1, -0.05) is 0 Å². The molecule has 2 rings (SSSR count). The van der Waals surface area contributed by atoms with Crippen molar-refractivity contribution in [1.82, 2.24) is 15.2 Å². The Morgan fingerprint density at radius 3 is 2.50 bits per heavy atom. The van der Waals surface area contributed by atoms with E-state index in [0.29, 0.717) is 31.3 Å². The molecular weight excluding hydrogens is 258 g/mol. The highest BCUT2D eigenvalue weighted by Crippen LogP contribution is 2.18. The summed E-state index contributed by atoms with van der Waals surface area (Å²) < 4.78 is 5.42. The predicted molar refractivity (Wildman–Crippen MR) is 72.8 cm³/mol. The topological polar surface area (TPSA) is 75.4 Å². The molecule has 6 heteroatoms. The van der Waals surface area contributed by atoms with Crippen molar-refractivity contribution in [3.8, 4) is 0 Å². The lowest BCUT2D eigenvalue weighted by molar-refractivity contribution is -0.134. The van der Waals surface area contributed by atoms with Gasteiger partial charge in [0.2, 0.25) is 11.8 Å². The Hall–Kier alpha value is -1.85. The van der Waals surface area contributed by atoms with Crippen molar-refractivity contribution < 1.29 is 14.0 Å². The first-order chi connectivity index (χ1) is 9.47. The molecule has 0 bridgehead atoms. The number of oxazole rings is 1. The zero-order valence-electron chi connectivity index (χ0n) is 12.2. The molecule has 1 N–H and O–H groups in total. The van der Waals surface area contributed by atoms with Crippen molar-refractivity contribution >= 4 is 11.8 Å². The monoisotopic (exact) mass is 279 g/mol. The summed E-state index contributed by atoms with van der Waals surface area (Å²) in [6.45, 7) is 6.91. The van der Waals surface area contributed by atoms with Crippen molar-refractivity contribution in [3.63, 3.8) is 0 Å². The molecule has 1 aromatic rings. The third-order valence-corrected chi connectivity index (χ3v) is 3.73. The van der Waals surface area contributed by atoms with E-state index in [1.165, 1.54) is 0 Å². The van der Waals surface area contributed by atoms with Gasteiger partial charge >= 0.3 is 0 Å². The molecule has 1 aromatic heterocycles. The van der Waals surface area contributed by atoms with Gasteiger partial charge in [0, 0.05) is 32.9 Å². The van der Waals surface area contributed by atoms with Crippen LogP contribution in [-0.2, 0) is 16.1 Å². The molecule has 6 nitrogen and oxygen atoms in total. The number of nitrogens with zero attached hydrogens (tertiary/aromatic N) is 2. The summed E-state index contributed by atoms with van der Waals surface area (Å²) in [6, 6.07) is 0. The van der Waals surface area contributed by atoms with Crippen LogP contribution in [0.3, 0.4) is 0 Å². The molecule has 0 aromatic carbocycles. The summed E-state index contributed by atoms with van der Waals surface area (Å²) in [7, 11) is 0. The number of hydrogen-bond acceptors (Lipinski definition) is 4. The van der Waals surface area contributed by atoms with Crippen molar-refractivity contribution in [2.24, 2.45) is 5.92 Å². The molecule has 0 aliphatic carbocycles. The fourth-order valence-electron chi connectivity index (χ4n) is 2.51. The zero-order chi connectivity index (χ0) is 14.7. The Morgan fingerprint density at radius 2 is 2.00 bits per heavy atom. The summed E-state index contributed by atoms with van der Waals surface area (Å²) in [5, 5.41) is 2.89. The third-order valence-electron chi connectivity index (χ3n) is 3.73. The molecule has 0 saturated carbocycles. The molecular formula is C14H21N3O3. The van der Waals surface area contributed by atoms with E-state index in [1.54, 1.807) is 18.7 Å². The molecule has 2 heterocycles. The predicted octanol–water partition coefficient (Wildman–Crippen LogP) is 1.17. The molecule has 1 aliphatic rings. The van der Waals surface area contributed by atoms with Gasteiger partial charge in [0.15, 0.2) is 5.89 Å². The van der Waals surface area contributed by atoms with Gasteiger partial charge in [-0.15, -0.1) is 0 Å². The lowest BCUT2D eigenvalue weighted by Crippen LogP contribution is -2.42. The van der Waals surface area contributed by atoms with Gasteiger partial charge in [-0.2, -0.15) is 0 Å². The van der Waals surface area contributed by atoms with Crippen LogP contribution in [0.5, 0.6) is 0 Å². The number of carbonyl (C=O) groups is 2. The van der Waals surface area contributed by atoms with Gasteiger partial charge in [-0.05, 0) is 19.8 Å². The first kappa shape index (κ1) is 14.6. The maximum absolute atomic E-state index is 12.1. The smallest absolute Gasteiger partial charge is 0.223 e. The first-order valence-electron chi connectivity index (χ1n) is 6.93. The van der Waals surface area contributed by atoms with Gasteiger partial charge in [0.05, 0.1) is 12.2 Å². The first-order valence-corrected chi connectivity index (χ1v) is 6.93. The number of aromatic nitrogens is 1. The molecule has 0 radical (unpaired) electrons. The number of aryl methyl sites for hydroxylation is 2. The number of likely N-dealkylation sites (tertiary alicyclic amines) is 1. The molecule has 110 valence electrons. The highest BCUT2D eigenvalue weighted by atomic mass is 16.4. The van der Waals surface area contributed by atoms with Crippen LogP contribution in [0.25, 0.3) is 0 Å². The van der Waals surface area contributed by atoms with Crippen LogP contribution >= 0.6 is 0 Å². The minimum atomic E-state index is -0.0186. The number of piperidine rings is 1. The lowest BCUT2D eigenvalue weighted by Gasteiger charge is -2.30. The van der Waals surface area contributed by atoms with Crippen LogP contribution in [0, 0.1) is 19.8 Å². The van der Waals surface area contributed by atoms with E-state index in [-0.39, 0.29) is 17.7 Å². The van der Waals surface area contributed by atoms with E-state index < -0.39 is 0 Å². The highest BCUT2D eigenvalue weighted by Gasteiger charge is 2.26. The van der Waals surface area contributed by atoms with Gasteiger partial charge in [0.1, 0.15) is 5.76 Å². The van der Waals surface area contributed by atoms with Crippen LogP contribution < -0.4 is 5.32 Å². The van der Waals surface area contributed by atoms with Gasteiger partial charge in [0.25, 0.3) is 0 Å². The number of carbonyl (C=O) groups excluding carboxylic acids is 2. The number of amides is 2. The quantitative estimate of drug-likeness (QED) is 0.901. The number of hydrogen-bond donors (Lipinski definition) is 1. The lowest BCUT2D eigenvalue weighted by atomic mass is 9.96. The average molecular weight is 279 g/mol. The van der Waals surface area contributed by atoms with Crippen LogP contribution in [0.4, 0.5) is 0 Å². The summed E-state index contributed by atoms with van der Waals surface area (Å²) in [4.78, 5) is 29.3. The second kappa shape index (κ2) is 6.07. The molecule has 1 fully saturated rings. The van der Waals surface area contributed by atoms with Crippen LogP contribution in [0.2, 0.25) is 0 Å². The van der Waals surface area contributed by atoms with Crippen molar-refractivity contribution in [2.75, 3.05) is 13.1 Å². The molecule has 0 atom stereocenters. The summed E-state index contributed by atoms with van der Waals surface area (Å²) in [6.07, 6.45) is 1.44. The summed E-state index contributed by atoms with van der Waals surface area (Å²) in [5.41, 5.74) is 0.814. The normalized spacial score (nSPS) is 16.2. The Morgan fingerprint density at radius 1 is 1.35 bits per heavy atom. The third kappa shape index (κ3) is 3.37. The molecule has 2 amide bonds. The van der Waals surface area contributed by atoms with E-state index in [4.69, 9.17) is 4.42 Å². The fraction of sp³-hybridized carbons (Fsp3) is 0.643. The fourth-order valence-corrected chi connectivity index (χ4v) is 2.51. The van der Waals surface area contributed by atoms with Crippen molar-refractivity contribution in [1.29, 1.82) is 0 Å². The second-order valence-electron chi connectivity index (χ2n) is 5.24. The molecule has 20 heavy (non-hydrogen) atoms. The molecule has 0 spiro atoms. The van der Waals surface area contributed by atoms with Crippen molar-refractivity contribution in [3.05, 3.63) is 17.3 Å². The SMILES string of the molecule is CC(=O)N1CCC(C(=O)NCc2oc(C)nc2C)CC1. The Balaban J connectivity index is 1.81. The minimum absolute atomic E-state index is 0.0186. The summed E-state index contributed by atoms with van der Waals surface area (Å²) in [5.74, 6) is 1.41. The standard InChI is InChI=1S/C14H21N3O3/c1-9-13(20-10(2)16-9)8-15-14(19)12-4-6-17(7-5-12)11(3)18/h12H,4-8H2,1-3H3,(H,15,19). The zero-order valence-corrected chi connectivity index (χ0v) is 12.2. The second-order valence-corrected chi connectivity index (χ2v) is 5.24. The van der Waals surface area contributed by atoms with E-state index in [0.717, 1.165) is 18.5 Å². The van der Waals surface area contributed by atoms with Crippen LogP contribution in [-0.4, -0.2) is 34.8 Å². The van der Waals surface area contributed by atoms with Crippen molar-refractivity contribution in [2.45, 2.75) is 40.2 Å². The Bertz CT molecular complexity index is 502. The van der Waals surface area contributed by atoms with E-state index in [1.807, 2.05) is 6.92 Å². The van der Waals surface area contributed by atoms with E-state index in [2.05, 4.69) is 10.3 Å². The van der Waals surface area contributed by atoms with Gasteiger partial charge in [-0.25, -0.2) is 4.98 Å². The number of rotatable bonds is 3.